The Morgan fingerprint density at radius 3 is 2.78 bits per heavy atom. The number of rotatable bonds is 11. The van der Waals surface area contributed by atoms with E-state index in [-0.39, 0.29) is 38.0 Å². The Balaban J connectivity index is 1.58. The van der Waals surface area contributed by atoms with Gasteiger partial charge in [-0.3, -0.25) is 14.3 Å². The summed E-state index contributed by atoms with van der Waals surface area (Å²) in [6.45, 7) is 7.75. The van der Waals surface area contributed by atoms with Crippen LogP contribution >= 0.6 is 0 Å². The lowest BCUT2D eigenvalue weighted by molar-refractivity contribution is -0.148. The predicted molar refractivity (Wildman–Crippen MR) is 139 cm³/mol. The van der Waals surface area contributed by atoms with Gasteiger partial charge in [-0.25, -0.2) is 8.78 Å². The van der Waals surface area contributed by atoms with Crippen LogP contribution in [0.2, 0.25) is 0 Å². The number of nitrogens with one attached hydrogen (secondary N) is 3. The minimum atomic E-state index is -1.46. The first-order valence-electron chi connectivity index (χ1n) is 12.5. The Kier molecular flexibility index (Phi) is 8.54. The normalized spacial score (nSPS) is 22.4. The number of halogens is 3. The van der Waals surface area contributed by atoms with E-state index in [9.17, 15) is 4.39 Å². The van der Waals surface area contributed by atoms with E-state index in [2.05, 4.69) is 33.3 Å². The molecule has 36 heavy (non-hydrogen) atoms. The van der Waals surface area contributed by atoms with Gasteiger partial charge in [-0.15, -0.1) is 0 Å². The van der Waals surface area contributed by atoms with E-state index < -0.39 is 17.5 Å². The van der Waals surface area contributed by atoms with Gasteiger partial charge in [0.1, 0.15) is 11.7 Å². The first kappa shape index (κ1) is 26.4. The van der Waals surface area contributed by atoms with Crippen LogP contribution < -0.4 is 10.6 Å². The largest absolute Gasteiger partial charge is 0.375 e. The summed E-state index contributed by atoms with van der Waals surface area (Å²) in [6.07, 6.45) is 2.52. The van der Waals surface area contributed by atoms with Crippen molar-refractivity contribution in [1.82, 2.24) is 20.5 Å². The molecule has 1 aromatic carbocycles. The van der Waals surface area contributed by atoms with Gasteiger partial charge in [-0.05, 0) is 37.9 Å². The summed E-state index contributed by atoms with van der Waals surface area (Å²) >= 11 is 0. The average molecular weight is 504 g/mol. The molecular formula is C27H36F3N5O. The zero-order valence-corrected chi connectivity index (χ0v) is 21.0. The molecular weight excluding hydrogens is 467 g/mol. The van der Waals surface area contributed by atoms with Gasteiger partial charge >= 0.3 is 0 Å². The van der Waals surface area contributed by atoms with Gasteiger partial charge in [-0.2, -0.15) is 0 Å². The third kappa shape index (κ3) is 5.68. The van der Waals surface area contributed by atoms with E-state index >= 15 is 8.78 Å². The number of amidine groups is 1. The van der Waals surface area contributed by atoms with Crippen molar-refractivity contribution >= 4 is 16.7 Å². The Labute approximate surface area is 210 Å². The second-order valence-corrected chi connectivity index (χ2v) is 9.68. The molecule has 1 saturated heterocycles. The molecule has 1 aromatic heterocycles. The molecule has 0 bridgehead atoms. The van der Waals surface area contributed by atoms with E-state index in [4.69, 9.17) is 4.74 Å². The minimum absolute atomic E-state index is 0.0210. The van der Waals surface area contributed by atoms with Crippen molar-refractivity contribution in [2.75, 3.05) is 53.1 Å². The number of H-pyrrole nitrogens is 1. The molecule has 1 fully saturated rings. The van der Waals surface area contributed by atoms with Crippen molar-refractivity contribution in [1.29, 1.82) is 0 Å². The van der Waals surface area contributed by atoms with Gasteiger partial charge < -0.3 is 20.4 Å². The van der Waals surface area contributed by atoms with Crippen LogP contribution in [0.4, 0.5) is 13.2 Å². The number of benzene rings is 1. The lowest BCUT2D eigenvalue weighted by Gasteiger charge is -2.46. The summed E-state index contributed by atoms with van der Waals surface area (Å²) in [7, 11) is 1.58. The number of ether oxygens (including phenoxy) is 1. The molecule has 3 N–H and O–H groups in total. The van der Waals surface area contributed by atoms with Crippen molar-refractivity contribution < 1.29 is 17.9 Å². The van der Waals surface area contributed by atoms with Crippen LogP contribution in [0.1, 0.15) is 30.6 Å². The summed E-state index contributed by atoms with van der Waals surface area (Å²) < 4.78 is 48.3. The molecule has 6 nitrogen and oxygen atoms in total. The van der Waals surface area contributed by atoms with Crippen LogP contribution in [0.15, 0.2) is 53.3 Å². The van der Waals surface area contributed by atoms with E-state index in [0.717, 1.165) is 28.6 Å². The standard InChI is InChI=1S/C27H36F3N5O/c1-18-13-21-20-7-4-5-8-23(20)34-25(21)26(35(18)15-27(30)16-36-17-27)19(2)22(29)14-24(31-3)33-12-11-32-10-6-9-28/h4-5,7-8,14,18,26,32,34H,2,6,9-13,15-17H2,1,3H3,(H,31,33)/b22-14+/t18-,26-/m1/s1. The number of hydrogen-bond acceptors (Lipinski definition) is 4. The first-order chi connectivity index (χ1) is 17.4. The lowest BCUT2D eigenvalue weighted by Crippen LogP contribution is -2.57. The third-order valence-corrected chi connectivity index (χ3v) is 6.94. The quantitative estimate of drug-likeness (QED) is 0.186. The summed E-state index contributed by atoms with van der Waals surface area (Å²) in [5, 5.41) is 7.30. The fourth-order valence-electron chi connectivity index (χ4n) is 5.00. The van der Waals surface area contributed by atoms with Gasteiger partial charge in [0.2, 0.25) is 0 Å². The zero-order valence-electron chi connectivity index (χ0n) is 21.0. The molecule has 0 saturated carbocycles. The number of aromatic amines is 1. The van der Waals surface area contributed by atoms with Gasteiger partial charge in [0.05, 0.1) is 25.9 Å². The average Bonchev–Trinajstić information content (AvgIpc) is 3.22. The van der Waals surface area contributed by atoms with Gasteiger partial charge in [0.25, 0.3) is 0 Å². The van der Waals surface area contributed by atoms with E-state index in [1.54, 1.807) is 7.05 Å². The monoisotopic (exact) mass is 503 g/mol. The van der Waals surface area contributed by atoms with Crippen LogP contribution in [-0.4, -0.2) is 80.5 Å². The van der Waals surface area contributed by atoms with Crippen molar-refractivity contribution in [3.05, 3.63) is 59.6 Å². The highest BCUT2D eigenvalue weighted by atomic mass is 19.1. The van der Waals surface area contributed by atoms with Crippen LogP contribution in [0.3, 0.4) is 0 Å². The zero-order chi connectivity index (χ0) is 25.7. The molecule has 2 atom stereocenters. The fourth-order valence-corrected chi connectivity index (χ4v) is 5.00. The SMILES string of the molecule is C=C(/C(F)=C\C(=N/C)NCCNCCCF)[C@@H]1c2[nH]c3ccccc3c2C[C@@H](C)N1CC1(F)COC1. The van der Waals surface area contributed by atoms with Crippen molar-refractivity contribution in [2.24, 2.45) is 4.99 Å². The topological polar surface area (TPSA) is 64.7 Å². The number of para-hydroxylation sites is 1. The second-order valence-electron chi connectivity index (χ2n) is 9.68. The Bertz CT molecular complexity index is 1120. The van der Waals surface area contributed by atoms with Crippen LogP contribution in [-0.2, 0) is 11.2 Å². The number of fused-ring (bicyclic) bond motifs is 3. The summed E-state index contributed by atoms with van der Waals surface area (Å²) in [5.74, 6) is -0.137. The van der Waals surface area contributed by atoms with E-state index in [0.29, 0.717) is 31.9 Å². The third-order valence-electron chi connectivity index (χ3n) is 6.94. The maximum Gasteiger partial charge on any atom is 0.169 e. The molecule has 196 valence electrons. The lowest BCUT2D eigenvalue weighted by atomic mass is 9.87. The number of aliphatic imine (C=N–C) groups is 1. The summed E-state index contributed by atoms with van der Waals surface area (Å²) in [6, 6.07) is 7.43. The smallest absolute Gasteiger partial charge is 0.169 e. The van der Waals surface area contributed by atoms with Crippen molar-refractivity contribution in [3.8, 4) is 0 Å². The molecule has 2 aliphatic heterocycles. The molecule has 0 radical (unpaired) electrons. The van der Waals surface area contributed by atoms with Crippen molar-refractivity contribution in [2.45, 2.75) is 37.5 Å². The predicted octanol–water partition coefficient (Wildman–Crippen LogP) is 4.17. The molecule has 4 rings (SSSR count). The molecule has 0 unspecified atom stereocenters. The van der Waals surface area contributed by atoms with Crippen LogP contribution in [0.5, 0.6) is 0 Å². The number of aromatic nitrogens is 1. The Morgan fingerprint density at radius 2 is 2.08 bits per heavy atom. The van der Waals surface area contributed by atoms with Gasteiger partial charge in [0, 0.05) is 61.0 Å². The highest BCUT2D eigenvalue weighted by Gasteiger charge is 2.46. The molecule has 2 aromatic rings. The maximum absolute atomic E-state index is 15.7. The molecule has 9 heteroatoms. The van der Waals surface area contributed by atoms with Crippen molar-refractivity contribution in [3.63, 3.8) is 0 Å². The number of nitrogens with zero attached hydrogens (tertiary/aromatic N) is 2. The first-order valence-corrected chi connectivity index (χ1v) is 12.5. The van der Waals surface area contributed by atoms with Crippen LogP contribution in [0, 0.1) is 0 Å². The number of hydrogen-bond donors (Lipinski definition) is 3. The fraction of sp³-hybridized carbons (Fsp3) is 0.519. The minimum Gasteiger partial charge on any atom is -0.375 e. The maximum atomic E-state index is 15.7. The summed E-state index contributed by atoms with van der Waals surface area (Å²) in [4.78, 5) is 9.62. The highest BCUT2D eigenvalue weighted by Crippen LogP contribution is 2.43. The van der Waals surface area contributed by atoms with E-state index in [1.807, 2.05) is 30.0 Å². The Hall–Kier alpha value is -2.62. The highest BCUT2D eigenvalue weighted by molar-refractivity contribution is 5.93. The molecule has 3 heterocycles. The second kappa shape index (κ2) is 11.6. The van der Waals surface area contributed by atoms with Gasteiger partial charge in [-0.1, -0.05) is 24.8 Å². The molecule has 0 spiro atoms. The molecule has 2 aliphatic rings. The Morgan fingerprint density at radius 1 is 1.31 bits per heavy atom. The molecule has 0 amide bonds. The van der Waals surface area contributed by atoms with E-state index in [1.165, 1.54) is 6.08 Å². The van der Waals surface area contributed by atoms with Gasteiger partial charge in [0.15, 0.2) is 5.67 Å². The van der Waals surface area contributed by atoms with Crippen LogP contribution in [0.25, 0.3) is 10.9 Å². The molecule has 0 aliphatic carbocycles. The number of alkyl halides is 2. The summed E-state index contributed by atoms with van der Waals surface area (Å²) in [5.41, 5.74) is 1.74.